The van der Waals surface area contributed by atoms with E-state index in [9.17, 15) is 33.8 Å². The van der Waals surface area contributed by atoms with Crippen LogP contribution in [0.3, 0.4) is 0 Å². The molecule has 0 aliphatic carbocycles. The van der Waals surface area contributed by atoms with Gasteiger partial charge in [-0.2, -0.15) is 0 Å². The third-order valence-electron chi connectivity index (χ3n) is 5.34. The maximum atomic E-state index is 13.1. The van der Waals surface area contributed by atoms with E-state index in [0.717, 1.165) is 28.8 Å². The quantitative estimate of drug-likeness (QED) is 0.212. The van der Waals surface area contributed by atoms with E-state index in [2.05, 4.69) is 25.9 Å². The van der Waals surface area contributed by atoms with E-state index in [4.69, 9.17) is 5.73 Å². The first-order valence-corrected chi connectivity index (χ1v) is 11.9. The van der Waals surface area contributed by atoms with Crippen molar-refractivity contribution in [1.82, 2.24) is 30.8 Å². The van der Waals surface area contributed by atoms with Gasteiger partial charge in [0.1, 0.15) is 29.0 Å². The van der Waals surface area contributed by atoms with E-state index in [1.54, 1.807) is 0 Å². The molecule has 1 aromatic carbocycles. The molecule has 1 saturated heterocycles. The number of carboxylic acid groups (broad SMARTS) is 2. The maximum absolute atomic E-state index is 13.1. The molecule has 2 aliphatic heterocycles. The predicted molar refractivity (Wildman–Crippen MR) is 119 cm³/mol. The Bertz CT molecular complexity index is 1190. The summed E-state index contributed by atoms with van der Waals surface area (Å²) in [7, 11) is 0. The number of amides is 2. The molecule has 2 aliphatic rings. The minimum atomic E-state index is -1.40. The molecule has 184 valence electrons. The molecule has 4 atom stereocenters. The Labute approximate surface area is 204 Å². The van der Waals surface area contributed by atoms with Gasteiger partial charge in [-0.1, -0.05) is 23.9 Å². The van der Waals surface area contributed by atoms with Crippen molar-refractivity contribution in [3.8, 4) is 0 Å². The Morgan fingerprint density at radius 1 is 1.31 bits per heavy atom. The number of benzene rings is 1. The molecule has 0 bridgehead atoms. The molecule has 1 fully saturated rings. The molecule has 0 spiro atoms. The number of H-pyrrole nitrogens is 1. The van der Waals surface area contributed by atoms with Crippen LogP contribution in [-0.4, -0.2) is 81.9 Å². The van der Waals surface area contributed by atoms with Crippen molar-refractivity contribution in [2.24, 2.45) is 5.73 Å². The molecule has 4 rings (SSSR count). The second-order valence-corrected chi connectivity index (χ2v) is 9.81. The Balaban J connectivity index is 1.54. The summed E-state index contributed by atoms with van der Waals surface area (Å²) in [5.74, 6) is -4.32. The second kappa shape index (κ2) is 10.0. The summed E-state index contributed by atoms with van der Waals surface area (Å²) in [6.07, 6.45) is -0.433. The highest BCUT2D eigenvalue weighted by atomic mass is 32.2. The van der Waals surface area contributed by atoms with Gasteiger partial charge in [-0.3, -0.25) is 19.3 Å². The van der Waals surface area contributed by atoms with Gasteiger partial charge in [0.2, 0.25) is 11.1 Å². The van der Waals surface area contributed by atoms with Crippen LogP contribution in [0.4, 0.5) is 4.39 Å². The molecule has 16 heteroatoms. The Morgan fingerprint density at radius 2 is 2.03 bits per heavy atom. The van der Waals surface area contributed by atoms with Crippen LogP contribution in [0.25, 0.3) is 0 Å². The number of nitrogens with zero attached hydrogens (tertiary/aromatic N) is 4. The van der Waals surface area contributed by atoms with Gasteiger partial charge < -0.3 is 21.3 Å². The first-order chi connectivity index (χ1) is 16.7. The summed E-state index contributed by atoms with van der Waals surface area (Å²) in [4.78, 5) is 50.1. The zero-order valence-corrected chi connectivity index (χ0v) is 19.3. The number of aliphatic carboxylic acids is 2. The van der Waals surface area contributed by atoms with Crippen LogP contribution in [0.5, 0.6) is 0 Å². The largest absolute Gasteiger partial charge is 0.481 e. The Kier molecular flexibility index (Phi) is 7.04. The van der Waals surface area contributed by atoms with Gasteiger partial charge in [0, 0.05) is 11.0 Å². The number of aromatic amines is 1. The summed E-state index contributed by atoms with van der Waals surface area (Å²) in [5, 5.41) is 33.4. The number of fused-ring (bicyclic) bond motifs is 1. The average Bonchev–Trinajstić information content (AvgIpc) is 3.33. The molecule has 0 saturated carbocycles. The van der Waals surface area contributed by atoms with Crippen LogP contribution in [-0.2, 0) is 19.2 Å². The molecule has 0 radical (unpaired) electrons. The molecule has 13 nitrogen and oxygen atoms in total. The molecule has 2 amide bonds. The van der Waals surface area contributed by atoms with Crippen LogP contribution >= 0.6 is 23.5 Å². The van der Waals surface area contributed by atoms with Crippen LogP contribution < -0.4 is 11.1 Å². The molecule has 35 heavy (non-hydrogen) atoms. The lowest BCUT2D eigenvalue weighted by Crippen LogP contribution is -2.71. The molecule has 6 N–H and O–H groups in total. The number of β-lactam (4-membered cyclic amide) rings is 1. The monoisotopic (exact) mass is 523 g/mol. The average molecular weight is 524 g/mol. The van der Waals surface area contributed by atoms with Crippen molar-refractivity contribution in [1.29, 1.82) is 0 Å². The first kappa shape index (κ1) is 24.6. The first-order valence-electron chi connectivity index (χ1n) is 10.0. The normalized spacial score (nSPS) is 21.1. The number of hydrogen-bond donors (Lipinski definition) is 5. The molecule has 3 heterocycles. The predicted octanol–water partition coefficient (Wildman–Crippen LogP) is -0.287. The summed E-state index contributed by atoms with van der Waals surface area (Å²) in [5.41, 5.74) is 6.16. The number of tetrazole rings is 1. The third kappa shape index (κ3) is 4.98. The number of nitrogens with two attached hydrogens (primary N) is 1. The van der Waals surface area contributed by atoms with Crippen LogP contribution in [0, 0.1) is 5.82 Å². The fraction of sp³-hybridized carbons (Fsp3) is 0.316. The number of carbonyl (C=O) groups excluding carboxylic acids is 2. The minimum Gasteiger partial charge on any atom is -0.481 e. The van der Waals surface area contributed by atoms with Gasteiger partial charge in [-0.25, -0.2) is 14.3 Å². The van der Waals surface area contributed by atoms with Crippen molar-refractivity contribution < 1.29 is 33.8 Å². The number of nitrogens with one attached hydrogen (secondary N) is 2. The second-order valence-electron chi connectivity index (χ2n) is 7.52. The van der Waals surface area contributed by atoms with Crippen LogP contribution in [0.15, 0.2) is 40.7 Å². The lowest BCUT2D eigenvalue weighted by molar-refractivity contribution is -0.150. The number of thioether (sulfide) groups is 2. The fourth-order valence-electron chi connectivity index (χ4n) is 3.68. The van der Waals surface area contributed by atoms with E-state index in [1.165, 1.54) is 23.9 Å². The van der Waals surface area contributed by atoms with Crippen LogP contribution in [0.2, 0.25) is 0 Å². The summed E-state index contributed by atoms with van der Waals surface area (Å²) in [6.45, 7) is 0. The smallest absolute Gasteiger partial charge is 0.352 e. The molecule has 2 aromatic rings. The summed E-state index contributed by atoms with van der Waals surface area (Å²) in [6, 6.07) is 2.82. The lowest BCUT2D eigenvalue weighted by atomic mass is 9.99. The van der Waals surface area contributed by atoms with Gasteiger partial charge >= 0.3 is 11.9 Å². The number of halogens is 1. The fourth-order valence-corrected chi connectivity index (χ4v) is 6.22. The number of hydrogen-bond acceptors (Lipinski definition) is 10. The van der Waals surface area contributed by atoms with Crippen molar-refractivity contribution in [2.75, 3.05) is 5.75 Å². The van der Waals surface area contributed by atoms with Crippen molar-refractivity contribution in [3.63, 3.8) is 0 Å². The van der Waals surface area contributed by atoms with Gasteiger partial charge in [-0.05, 0) is 33.7 Å². The van der Waals surface area contributed by atoms with E-state index in [1.807, 2.05) is 0 Å². The lowest BCUT2D eigenvalue weighted by Gasteiger charge is -2.50. The Morgan fingerprint density at radius 3 is 2.63 bits per heavy atom. The zero-order chi connectivity index (χ0) is 25.3. The highest BCUT2D eigenvalue weighted by Gasteiger charge is 2.55. The van der Waals surface area contributed by atoms with E-state index < -0.39 is 58.7 Å². The standard InChI is InChI=1S/C19H18FN7O6S2/c20-8-3-1-7(2-4-8)12(21)15(30)22-13-16(31)27-14(18(32)33)9(6-34-17(13)27)10(5-11(28)29)35-19-23-25-26-24-19/h1-4,10,12-13,17H,5-6,21H2,(H,22,30)(H,28,29)(H,32,33)(H,23,24,25,26)/t10?,12?,13?,17-/m0/s1. The minimum absolute atomic E-state index is 0.0962. The van der Waals surface area contributed by atoms with E-state index >= 15 is 0 Å². The van der Waals surface area contributed by atoms with Crippen molar-refractivity contribution in [2.45, 2.75) is 34.3 Å². The summed E-state index contributed by atoms with van der Waals surface area (Å²) >= 11 is 2.12. The van der Waals surface area contributed by atoms with Crippen molar-refractivity contribution >= 4 is 47.3 Å². The molecule has 3 unspecified atom stereocenters. The number of carbonyl (C=O) groups is 4. The number of aromatic nitrogens is 4. The Hall–Kier alpha value is -3.50. The number of carboxylic acids is 2. The summed E-state index contributed by atoms with van der Waals surface area (Å²) < 4.78 is 13.1. The zero-order valence-electron chi connectivity index (χ0n) is 17.6. The highest BCUT2D eigenvalue weighted by Crippen LogP contribution is 2.44. The van der Waals surface area contributed by atoms with Gasteiger partial charge in [0.15, 0.2) is 0 Å². The van der Waals surface area contributed by atoms with Crippen molar-refractivity contribution in [3.05, 3.63) is 46.9 Å². The van der Waals surface area contributed by atoms with Gasteiger partial charge in [-0.15, -0.1) is 16.9 Å². The van der Waals surface area contributed by atoms with Crippen LogP contribution in [0.1, 0.15) is 18.0 Å². The molecular formula is C19H18FN7O6S2. The third-order valence-corrected chi connectivity index (χ3v) is 7.77. The van der Waals surface area contributed by atoms with Gasteiger partial charge in [0.05, 0.1) is 6.42 Å². The maximum Gasteiger partial charge on any atom is 0.352 e. The topological polar surface area (TPSA) is 204 Å². The van der Waals surface area contributed by atoms with E-state index in [0.29, 0.717) is 5.56 Å². The van der Waals surface area contributed by atoms with Gasteiger partial charge in [0.25, 0.3) is 5.91 Å². The number of rotatable bonds is 9. The molecular weight excluding hydrogens is 505 g/mol. The SMILES string of the molecule is NC(C(=O)NC1C(=O)N2C(C(=O)O)=C(C(CC(=O)O)Sc3nnn[nH]3)CS[C@@H]12)c1ccc(F)cc1. The highest BCUT2D eigenvalue weighted by molar-refractivity contribution is 8.01. The van der Waals surface area contributed by atoms with E-state index in [-0.39, 0.29) is 22.2 Å². The molecule has 1 aromatic heterocycles.